The van der Waals surface area contributed by atoms with Crippen LogP contribution in [0.25, 0.3) is 0 Å². The quantitative estimate of drug-likeness (QED) is 0.889. The molecule has 1 aromatic carbocycles. The van der Waals surface area contributed by atoms with Gasteiger partial charge in [-0.1, -0.05) is 17.7 Å². The van der Waals surface area contributed by atoms with E-state index in [4.69, 9.17) is 17.3 Å². The number of hydrogen-bond donors (Lipinski definition) is 1. The van der Waals surface area contributed by atoms with Crippen molar-refractivity contribution in [2.75, 3.05) is 0 Å². The van der Waals surface area contributed by atoms with E-state index in [1.807, 2.05) is 19.1 Å². The first-order valence-corrected chi connectivity index (χ1v) is 5.58. The molecular weight excluding hydrogens is 239 g/mol. The highest BCUT2D eigenvalue weighted by Gasteiger charge is 2.14. The summed E-state index contributed by atoms with van der Waals surface area (Å²) in [4.78, 5) is 3.70. The molecule has 0 spiro atoms. The lowest BCUT2D eigenvalue weighted by Gasteiger charge is -2.14. The van der Waals surface area contributed by atoms with Crippen molar-refractivity contribution < 1.29 is 4.39 Å². The Bertz CT molecular complexity index is 522. The van der Waals surface area contributed by atoms with Crippen molar-refractivity contribution in [3.63, 3.8) is 0 Å². The van der Waals surface area contributed by atoms with Gasteiger partial charge in [0.1, 0.15) is 5.82 Å². The number of nitrogens with zero attached hydrogens (tertiary/aromatic N) is 1. The van der Waals surface area contributed by atoms with E-state index < -0.39 is 11.9 Å². The molecule has 0 aliphatic rings. The summed E-state index contributed by atoms with van der Waals surface area (Å²) in [6, 6.07) is 6.53. The summed E-state index contributed by atoms with van der Waals surface area (Å²) < 4.78 is 13.6. The van der Waals surface area contributed by atoms with Crippen molar-refractivity contribution in [3.05, 3.63) is 64.2 Å². The summed E-state index contributed by atoms with van der Waals surface area (Å²) in [5.41, 5.74) is 8.24. The zero-order valence-electron chi connectivity index (χ0n) is 9.32. The minimum atomic E-state index is -0.532. The van der Waals surface area contributed by atoms with Crippen LogP contribution in [0.5, 0.6) is 0 Å². The fourth-order valence-corrected chi connectivity index (χ4v) is 2.06. The molecule has 0 saturated carbocycles. The van der Waals surface area contributed by atoms with Crippen LogP contribution in [0.4, 0.5) is 4.39 Å². The van der Waals surface area contributed by atoms with Crippen LogP contribution in [0, 0.1) is 12.7 Å². The Hall–Kier alpha value is -1.45. The minimum Gasteiger partial charge on any atom is -0.320 e. The van der Waals surface area contributed by atoms with Gasteiger partial charge in [0.2, 0.25) is 0 Å². The van der Waals surface area contributed by atoms with Crippen LogP contribution in [0.15, 0.2) is 36.7 Å². The van der Waals surface area contributed by atoms with E-state index in [1.165, 1.54) is 6.20 Å². The predicted octanol–water partition coefficient (Wildman–Crippen LogP) is 3.23. The number of aromatic nitrogens is 1. The molecule has 1 aromatic heterocycles. The summed E-state index contributed by atoms with van der Waals surface area (Å²) >= 11 is 5.96. The second-order valence-electron chi connectivity index (χ2n) is 3.94. The highest BCUT2D eigenvalue weighted by molar-refractivity contribution is 6.30. The van der Waals surface area contributed by atoms with Gasteiger partial charge in [-0.05, 0) is 36.2 Å². The zero-order chi connectivity index (χ0) is 12.4. The smallest absolute Gasteiger partial charge is 0.146 e. The number of rotatable bonds is 2. The van der Waals surface area contributed by atoms with Gasteiger partial charge in [0.15, 0.2) is 0 Å². The molecule has 1 heterocycles. The van der Waals surface area contributed by atoms with E-state index in [1.54, 1.807) is 12.1 Å². The second kappa shape index (κ2) is 4.82. The maximum Gasteiger partial charge on any atom is 0.146 e. The maximum atomic E-state index is 13.6. The van der Waals surface area contributed by atoms with Gasteiger partial charge < -0.3 is 5.73 Å². The van der Waals surface area contributed by atoms with Crippen LogP contribution in [0.2, 0.25) is 5.02 Å². The topological polar surface area (TPSA) is 38.9 Å². The van der Waals surface area contributed by atoms with Crippen molar-refractivity contribution in [1.82, 2.24) is 4.98 Å². The summed E-state index contributed by atoms with van der Waals surface area (Å²) in [7, 11) is 0. The average molecular weight is 251 g/mol. The van der Waals surface area contributed by atoms with Gasteiger partial charge in [0.05, 0.1) is 12.2 Å². The Morgan fingerprint density at radius 2 is 2.12 bits per heavy atom. The highest BCUT2D eigenvalue weighted by atomic mass is 35.5. The number of hydrogen-bond acceptors (Lipinski definition) is 2. The molecule has 2 N–H and O–H groups in total. The van der Waals surface area contributed by atoms with Crippen molar-refractivity contribution >= 4 is 11.6 Å². The number of benzene rings is 1. The fourth-order valence-electron chi connectivity index (χ4n) is 1.76. The normalized spacial score (nSPS) is 12.5. The minimum absolute atomic E-state index is 0.405. The predicted molar refractivity (Wildman–Crippen MR) is 66.4 cm³/mol. The van der Waals surface area contributed by atoms with Gasteiger partial charge in [0.25, 0.3) is 0 Å². The highest BCUT2D eigenvalue weighted by Crippen LogP contribution is 2.25. The average Bonchev–Trinajstić information content (AvgIpc) is 2.27. The summed E-state index contributed by atoms with van der Waals surface area (Å²) in [5.74, 6) is -0.405. The molecule has 0 amide bonds. The molecule has 0 radical (unpaired) electrons. The lowest BCUT2D eigenvalue weighted by molar-refractivity contribution is 0.593. The molecule has 0 bridgehead atoms. The molecule has 17 heavy (non-hydrogen) atoms. The molecule has 0 aliphatic carbocycles. The SMILES string of the molecule is Cc1cc(Cl)cc(C(N)c2ccncc2F)c1. The third-order valence-corrected chi connectivity index (χ3v) is 2.78. The molecular formula is C13H12ClFN2. The van der Waals surface area contributed by atoms with Crippen LogP contribution < -0.4 is 5.73 Å². The maximum absolute atomic E-state index is 13.6. The van der Waals surface area contributed by atoms with Gasteiger partial charge in [-0.2, -0.15) is 0 Å². The Labute approximate surface area is 104 Å². The van der Waals surface area contributed by atoms with E-state index in [9.17, 15) is 4.39 Å². The molecule has 2 nitrogen and oxygen atoms in total. The Balaban J connectivity index is 2.43. The first kappa shape index (κ1) is 12.0. The van der Waals surface area contributed by atoms with E-state index in [0.717, 1.165) is 17.3 Å². The van der Waals surface area contributed by atoms with Gasteiger partial charge in [-0.15, -0.1) is 0 Å². The van der Waals surface area contributed by atoms with Crippen molar-refractivity contribution in [3.8, 4) is 0 Å². The Morgan fingerprint density at radius 1 is 1.35 bits per heavy atom. The van der Waals surface area contributed by atoms with Gasteiger partial charge in [0, 0.05) is 16.8 Å². The first-order valence-electron chi connectivity index (χ1n) is 5.20. The van der Waals surface area contributed by atoms with E-state index >= 15 is 0 Å². The molecule has 2 aromatic rings. The summed E-state index contributed by atoms with van der Waals surface area (Å²) in [5, 5.41) is 0.602. The molecule has 0 aliphatic heterocycles. The Kier molecular flexibility index (Phi) is 3.41. The summed E-state index contributed by atoms with van der Waals surface area (Å²) in [6.07, 6.45) is 2.68. The van der Waals surface area contributed by atoms with Crippen LogP contribution >= 0.6 is 11.6 Å². The molecule has 88 valence electrons. The van der Waals surface area contributed by atoms with Crippen molar-refractivity contribution in [1.29, 1.82) is 0 Å². The van der Waals surface area contributed by atoms with Gasteiger partial charge in [-0.3, -0.25) is 4.98 Å². The Morgan fingerprint density at radius 3 is 2.76 bits per heavy atom. The lowest BCUT2D eigenvalue weighted by Crippen LogP contribution is -2.14. The molecule has 2 rings (SSSR count). The van der Waals surface area contributed by atoms with Gasteiger partial charge >= 0.3 is 0 Å². The first-order chi connectivity index (χ1) is 8.08. The molecule has 1 unspecified atom stereocenters. The van der Waals surface area contributed by atoms with Gasteiger partial charge in [-0.25, -0.2) is 4.39 Å². The standard InChI is InChI=1S/C13H12ClFN2/c1-8-4-9(6-10(14)5-8)13(16)11-2-3-17-7-12(11)15/h2-7,13H,16H2,1H3. The van der Waals surface area contributed by atoms with Crippen LogP contribution in [-0.4, -0.2) is 4.98 Å². The lowest BCUT2D eigenvalue weighted by atomic mass is 9.99. The van der Waals surface area contributed by atoms with Crippen molar-refractivity contribution in [2.24, 2.45) is 5.73 Å². The number of nitrogens with two attached hydrogens (primary N) is 1. The number of aryl methyl sites for hydroxylation is 1. The number of halogens is 2. The van der Waals surface area contributed by atoms with E-state index in [2.05, 4.69) is 4.98 Å². The monoisotopic (exact) mass is 250 g/mol. The summed E-state index contributed by atoms with van der Waals surface area (Å²) in [6.45, 7) is 1.92. The van der Waals surface area contributed by atoms with Crippen LogP contribution in [0.3, 0.4) is 0 Å². The molecule has 0 fully saturated rings. The van der Waals surface area contributed by atoms with Crippen LogP contribution in [0.1, 0.15) is 22.7 Å². The second-order valence-corrected chi connectivity index (χ2v) is 4.37. The zero-order valence-corrected chi connectivity index (χ0v) is 10.1. The largest absolute Gasteiger partial charge is 0.320 e. The third-order valence-electron chi connectivity index (χ3n) is 2.56. The fraction of sp³-hybridized carbons (Fsp3) is 0.154. The third kappa shape index (κ3) is 2.62. The molecule has 4 heteroatoms. The van der Waals surface area contributed by atoms with E-state index in [0.29, 0.717) is 10.6 Å². The van der Waals surface area contributed by atoms with E-state index in [-0.39, 0.29) is 0 Å². The van der Waals surface area contributed by atoms with Crippen molar-refractivity contribution in [2.45, 2.75) is 13.0 Å². The molecule has 0 saturated heterocycles. The number of pyridine rings is 1. The van der Waals surface area contributed by atoms with Crippen LogP contribution in [-0.2, 0) is 0 Å². The molecule has 1 atom stereocenters.